The summed E-state index contributed by atoms with van der Waals surface area (Å²) < 4.78 is 33.0. The number of anilines is 2. The summed E-state index contributed by atoms with van der Waals surface area (Å²) >= 11 is 1.22. The van der Waals surface area contributed by atoms with Crippen molar-refractivity contribution in [2.24, 2.45) is 0 Å². The molecule has 10 heteroatoms. The zero-order valence-corrected chi connectivity index (χ0v) is 20.0. The van der Waals surface area contributed by atoms with Crippen LogP contribution in [0.15, 0.2) is 77.7 Å². The molecule has 0 spiro atoms. The molecule has 0 aliphatic carbocycles. The number of amides is 1. The summed E-state index contributed by atoms with van der Waals surface area (Å²) in [5, 5.41) is 3.08. The molecular formula is C24H21N3O5S2. The third kappa shape index (κ3) is 4.63. The Balaban J connectivity index is 1.52. The van der Waals surface area contributed by atoms with E-state index in [1.165, 1.54) is 47.0 Å². The Bertz CT molecular complexity index is 1450. The van der Waals surface area contributed by atoms with Crippen LogP contribution in [0.25, 0.3) is 10.2 Å². The van der Waals surface area contributed by atoms with E-state index in [-0.39, 0.29) is 17.0 Å². The average molecular weight is 496 g/mol. The highest BCUT2D eigenvalue weighted by Gasteiger charge is 2.24. The predicted octanol–water partition coefficient (Wildman–Crippen LogP) is 4.55. The summed E-state index contributed by atoms with van der Waals surface area (Å²) in [5.41, 5.74) is 1.88. The molecule has 34 heavy (non-hydrogen) atoms. The minimum absolute atomic E-state index is 0.0880. The molecule has 4 rings (SSSR count). The highest BCUT2D eigenvalue weighted by molar-refractivity contribution is 7.92. The quantitative estimate of drug-likeness (QED) is 0.377. The van der Waals surface area contributed by atoms with Crippen LogP contribution in [-0.2, 0) is 14.8 Å². The lowest BCUT2D eigenvalue weighted by atomic mass is 10.2. The van der Waals surface area contributed by atoms with Crippen molar-refractivity contribution >= 4 is 54.3 Å². The van der Waals surface area contributed by atoms with E-state index in [1.807, 2.05) is 6.07 Å². The van der Waals surface area contributed by atoms with Gasteiger partial charge in [0, 0.05) is 12.1 Å². The number of esters is 1. The number of aromatic nitrogens is 1. The Hall–Kier alpha value is -3.76. The monoisotopic (exact) mass is 495 g/mol. The van der Waals surface area contributed by atoms with Gasteiger partial charge in [-0.05, 0) is 61.5 Å². The molecule has 0 bridgehead atoms. The fourth-order valence-corrected chi connectivity index (χ4v) is 5.76. The normalized spacial score (nSPS) is 11.2. The summed E-state index contributed by atoms with van der Waals surface area (Å²) in [6.45, 7) is 2.03. The van der Waals surface area contributed by atoms with Gasteiger partial charge in [0.15, 0.2) is 5.13 Å². The van der Waals surface area contributed by atoms with Crippen molar-refractivity contribution in [3.63, 3.8) is 0 Å². The van der Waals surface area contributed by atoms with E-state index < -0.39 is 21.9 Å². The van der Waals surface area contributed by atoms with Gasteiger partial charge in [-0.3, -0.25) is 14.4 Å². The van der Waals surface area contributed by atoms with Crippen molar-refractivity contribution in [2.75, 3.05) is 23.3 Å². The topological polar surface area (TPSA) is 106 Å². The summed E-state index contributed by atoms with van der Waals surface area (Å²) in [6, 6.07) is 19.5. The highest BCUT2D eigenvalue weighted by atomic mass is 32.2. The van der Waals surface area contributed by atoms with Crippen LogP contribution in [0.3, 0.4) is 0 Å². The average Bonchev–Trinajstić information content (AvgIpc) is 3.26. The van der Waals surface area contributed by atoms with Crippen LogP contribution in [-0.4, -0.2) is 38.9 Å². The number of ether oxygens (including phenoxy) is 1. The van der Waals surface area contributed by atoms with Gasteiger partial charge in [0.05, 0.1) is 33.5 Å². The molecule has 0 fully saturated rings. The Kier molecular flexibility index (Phi) is 6.62. The fraction of sp³-hybridized carbons (Fsp3) is 0.125. The Morgan fingerprint density at radius 1 is 1.00 bits per heavy atom. The molecule has 0 unspecified atom stereocenters. The SMILES string of the molecule is CCN(c1ccccc1)S(=O)(=O)c1ccc(C(=O)Nc2nc3ccc(C(=O)OC)cc3s2)cc1. The highest BCUT2D eigenvalue weighted by Crippen LogP contribution is 2.28. The number of methoxy groups -OCH3 is 1. The van der Waals surface area contributed by atoms with Crippen LogP contribution in [0.4, 0.5) is 10.8 Å². The lowest BCUT2D eigenvalue weighted by molar-refractivity contribution is 0.0600. The Morgan fingerprint density at radius 3 is 2.32 bits per heavy atom. The standard InChI is InChI=1S/C24H21N3O5S2/c1-3-27(18-7-5-4-6-8-18)34(30,31)19-12-9-16(10-13-19)22(28)26-24-25-20-14-11-17(23(29)32-2)15-21(20)33-24/h4-15H,3H2,1-2H3,(H,25,26,28). The van der Waals surface area contributed by atoms with E-state index in [4.69, 9.17) is 4.74 Å². The smallest absolute Gasteiger partial charge is 0.337 e. The molecular weight excluding hydrogens is 474 g/mol. The van der Waals surface area contributed by atoms with Crippen molar-refractivity contribution in [1.29, 1.82) is 0 Å². The van der Waals surface area contributed by atoms with Crippen molar-refractivity contribution in [2.45, 2.75) is 11.8 Å². The second-order valence-electron chi connectivity index (χ2n) is 7.18. The van der Waals surface area contributed by atoms with Crippen LogP contribution >= 0.6 is 11.3 Å². The molecule has 4 aromatic rings. The fourth-order valence-electron chi connectivity index (χ4n) is 3.38. The molecule has 0 atom stereocenters. The lowest BCUT2D eigenvalue weighted by Gasteiger charge is -2.22. The second kappa shape index (κ2) is 9.62. The first-order valence-corrected chi connectivity index (χ1v) is 12.6. The van der Waals surface area contributed by atoms with Gasteiger partial charge < -0.3 is 4.74 Å². The Morgan fingerprint density at radius 2 is 1.68 bits per heavy atom. The number of thiazole rings is 1. The molecule has 0 saturated carbocycles. The minimum Gasteiger partial charge on any atom is -0.465 e. The van der Waals surface area contributed by atoms with E-state index in [0.717, 1.165) is 4.70 Å². The largest absolute Gasteiger partial charge is 0.465 e. The number of sulfonamides is 1. The van der Waals surface area contributed by atoms with Crippen LogP contribution in [0.1, 0.15) is 27.6 Å². The van der Waals surface area contributed by atoms with E-state index >= 15 is 0 Å². The summed E-state index contributed by atoms with van der Waals surface area (Å²) in [6.07, 6.45) is 0. The van der Waals surface area contributed by atoms with Gasteiger partial charge in [0.2, 0.25) is 0 Å². The maximum absolute atomic E-state index is 13.1. The van der Waals surface area contributed by atoms with Crippen molar-refractivity contribution < 1.29 is 22.7 Å². The van der Waals surface area contributed by atoms with Crippen LogP contribution in [0.5, 0.6) is 0 Å². The van der Waals surface area contributed by atoms with Crippen molar-refractivity contribution in [3.8, 4) is 0 Å². The number of hydrogen-bond donors (Lipinski definition) is 1. The second-order valence-corrected chi connectivity index (χ2v) is 10.1. The van der Waals surface area contributed by atoms with E-state index in [2.05, 4.69) is 10.3 Å². The molecule has 8 nitrogen and oxygen atoms in total. The summed E-state index contributed by atoms with van der Waals surface area (Å²) in [7, 11) is -2.47. The maximum Gasteiger partial charge on any atom is 0.337 e. The van der Waals surface area contributed by atoms with Crippen molar-refractivity contribution in [1.82, 2.24) is 4.98 Å². The first-order chi connectivity index (χ1) is 16.3. The van der Waals surface area contributed by atoms with Crippen molar-refractivity contribution in [3.05, 3.63) is 83.9 Å². The molecule has 0 radical (unpaired) electrons. The zero-order valence-electron chi connectivity index (χ0n) is 18.4. The number of benzene rings is 3. The maximum atomic E-state index is 13.1. The molecule has 1 amide bonds. The zero-order chi connectivity index (χ0) is 24.3. The summed E-state index contributed by atoms with van der Waals surface area (Å²) in [5.74, 6) is -0.878. The molecule has 1 aromatic heterocycles. The number of fused-ring (bicyclic) bond motifs is 1. The van der Waals surface area contributed by atoms with Gasteiger partial charge in [-0.1, -0.05) is 29.5 Å². The van der Waals surface area contributed by atoms with E-state index in [9.17, 15) is 18.0 Å². The van der Waals surface area contributed by atoms with Gasteiger partial charge >= 0.3 is 5.97 Å². The molecule has 1 heterocycles. The first kappa shape index (κ1) is 23.4. The number of nitrogens with one attached hydrogen (secondary N) is 1. The van der Waals surface area contributed by atoms with E-state index in [1.54, 1.807) is 49.4 Å². The number of carbonyl (C=O) groups excluding carboxylic acids is 2. The number of carbonyl (C=O) groups is 2. The van der Waals surface area contributed by atoms with Gasteiger partial charge in [0.1, 0.15) is 0 Å². The van der Waals surface area contributed by atoms with Gasteiger partial charge in [-0.2, -0.15) is 0 Å². The molecule has 1 N–H and O–H groups in total. The third-order valence-corrected chi connectivity index (χ3v) is 7.92. The molecule has 0 aliphatic rings. The third-order valence-electron chi connectivity index (χ3n) is 5.07. The number of para-hydroxylation sites is 1. The van der Waals surface area contributed by atoms with Gasteiger partial charge in [-0.15, -0.1) is 0 Å². The Labute approximate surface area is 200 Å². The number of nitrogens with zero attached hydrogens (tertiary/aromatic N) is 2. The first-order valence-electron chi connectivity index (χ1n) is 10.3. The van der Waals surface area contributed by atoms with Gasteiger partial charge in [-0.25, -0.2) is 18.2 Å². The number of rotatable bonds is 7. The van der Waals surface area contributed by atoms with Gasteiger partial charge in [0.25, 0.3) is 15.9 Å². The minimum atomic E-state index is -3.78. The molecule has 3 aromatic carbocycles. The molecule has 174 valence electrons. The van der Waals surface area contributed by atoms with Crippen LogP contribution in [0, 0.1) is 0 Å². The number of hydrogen-bond acceptors (Lipinski definition) is 7. The van der Waals surface area contributed by atoms with Crippen LogP contribution < -0.4 is 9.62 Å². The summed E-state index contributed by atoms with van der Waals surface area (Å²) in [4.78, 5) is 28.9. The predicted molar refractivity (Wildman–Crippen MR) is 132 cm³/mol. The molecule has 0 aliphatic heterocycles. The van der Waals surface area contributed by atoms with Crippen LogP contribution in [0.2, 0.25) is 0 Å². The van der Waals surface area contributed by atoms with E-state index in [0.29, 0.717) is 21.9 Å². The lowest BCUT2D eigenvalue weighted by Crippen LogP contribution is -2.30. The molecule has 0 saturated heterocycles.